The summed E-state index contributed by atoms with van der Waals surface area (Å²) in [6.07, 6.45) is 44.8. The van der Waals surface area contributed by atoms with Gasteiger partial charge in [-0.15, -0.1) is 0 Å². The van der Waals surface area contributed by atoms with E-state index in [4.69, 9.17) is 23.6 Å². The summed E-state index contributed by atoms with van der Waals surface area (Å²) >= 11 is 0. The zero-order chi connectivity index (χ0) is 43.3. The Morgan fingerprint density at radius 3 is 1.25 bits per heavy atom. The van der Waals surface area contributed by atoms with Crippen molar-refractivity contribution in [1.29, 1.82) is 0 Å². The quantitative estimate of drug-likeness (QED) is 0.0234. The summed E-state index contributed by atoms with van der Waals surface area (Å²) in [7, 11) is -4.62. The SMILES string of the molecule is CCCCC/C=C\CCCCCCCC(=O)OC(COC(=O)CCCCCCCCCCCCCCCCCCCCCCCCCC)COP(=O)(O)OCC(O)CO. The van der Waals surface area contributed by atoms with Crippen molar-refractivity contribution in [3.63, 3.8) is 0 Å². The number of carbonyl (C=O) groups excluding carboxylic acids is 2. The smallest absolute Gasteiger partial charge is 0.462 e. The largest absolute Gasteiger partial charge is 0.472 e. The van der Waals surface area contributed by atoms with Gasteiger partial charge in [0.1, 0.15) is 12.7 Å². The molecule has 11 heteroatoms. The Morgan fingerprint density at radius 1 is 0.492 bits per heavy atom. The molecule has 0 aliphatic rings. The van der Waals surface area contributed by atoms with Crippen molar-refractivity contribution in [2.24, 2.45) is 0 Å². The summed E-state index contributed by atoms with van der Waals surface area (Å²) < 4.78 is 32.8. The fourth-order valence-electron chi connectivity index (χ4n) is 7.11. The number of ether oxygens (including phenoxy) is 2. The van der Waals surface area contributed by atoms with E-state index in [9.17, 15) is 24.2 Å². The summed E-state index contributed by atoms with van der Waals surface area (Å²) in [5, 5.41) is 18.3. The topological polar surface area (TPSA) is 149 Å². The lowest BCUT2D eigenvalue weighted by Gasteiger charge is -2.20. The Kier molecular flexibility index (Phi) is 43.8. The maximum atomic E-state index is 12.6. The maximum Gasteiger partial charge on any atom is 0.472 e. The molecule has 0 radical (unpaired) electrons. The van der Waals surface area contributed by atoms with Gasteiger partial charge in [0.25, 0.3) is 0 Å². The first-order valence-electron chi connectivity index (χ1n) is 24.6. The molecule has 0 aliphatic carbocycles. The average molecular weight is 861 g/mol. The molecule has 0 saturated heterocycles. The number of phosphoric acid groups is 1. The van der Waals surface area contributed by atoms with Crippen LogP contribution in [0, 0.1) is 0 Å². The van der Waals surface area contributed by atoms with Crippen molar-refractivity contribution < 1.29 is 47.8 Å². The van der Waals surface area contributed by atoms with Crippen LogP contribution >= 0.6 is 7.82 Å². The number of aliphatic hydroxyl groups excluding tert-OH is 2. The second kappa shape index (κ2) is 44.8. The number of unbranched alkanes of at least 4 members (excludes halogenated alkanes) is 31. The Labute approximate surface area is 362 Å². The van der Waals surface area contributed by atoms with E-state index < -0.39 is 51.8 Å². The molecule has 3 N–H and O–H groups in total. The van der Waals surface area contributed by atoms with Gasteiger partial charge in [0, 0.05) is 12.8 Å². The summed E-state index contributed by atoms with van der Waals surface area (Å²) in [6.45, 7) is 2.39. The van der Waals surface area contributed by atoms with Crippen LogP contribution in [0.1, 0.15) is 245 Å². The summed E-state index contributed by atoms with van der Waals surface area (Å²) in [6, 6.07) is 0. The summed E-state index contributed by atoms with van der Waals surface area (Å²) in [4.78, 5) is 35.0. The summed E-state index contributed by atoms with van der Waals surface area (Å²) in [5.41, 5.74) is 0. The fourth-order valence-corrected chi connectivity index (χ4v) is 7.90. The minimum absolute atomic E-state index is 0.178. The van der Waals surface area contributed by atoms with E-state index in [0.29, 0.717) is 12.8 Å². The fraction of sp³-hybridized carbons (Fsp3) is 0.917. The molecule has 3 atom stereocenters. The van der Waals surface area contributed by atoms with Crippen LogP contribution in [-0.4, -0.2) is 65.7 Å². The molecule has 0 aliphatic heterocycles. The molecule has 0 fully saturated rings. The van der Waals surface area contributed by atoms with Crippen molar-refractivity contribution >= 4 is 19.8 Å². The molecule has 0 heterocycles. The molecule has 0 rings (SSSR count). The minimum Gasteiger partial charge on any atom is -0.462 e. The number of aliphatic hydroxyl groups is 2. The highest BCUT2D eigenvalue weighted by molar-refractivity contribution is 7.47. The summed E-state index contributed by atoms with van der Waals surface area (Å²) in [5.74, 6) is -0.922. The molecule has 59 heavy (non-hydrogen) atoms. The number of hydrogen-bond acceptors (Lipinski definition) is 9. The molecule has 350 valence electrons. The molecule has 0 aromatic heterocycles. The molecular weight excluding hydrogens is 767 g/mol. The first kappa shape index (κ1) is 57.7. The van der Waals surface area contributed by atoms with Crippen LogP contribution in [0.5, 0.6) is 0 Å². The highest BCUT2D eigenvalue weighted by atomic mass is 31.2. The zero-order valence-electron chi connectivity index (χ0n) is 38.2. The lowest BCUT2D eigenvalue weighted by Crippen LogP contribution is -2.29. The van der Waals surface area contributed by atoms with Crippen molar-refractivity contribution in [2.45, 2.75) is 257 Å². The molecule has 0 bridgehead atoms. The van der Waals surface area contributed by atoms with Gasteiger partial charge in [-0.2, -0.15) is 0 Å². The third-order valence-electron chi connectivity index (χ3n) is 10.9. The van der Waals surface area contributed by atoms with Gasteiger partial charge in [-0.25, -0.2) is 4.57 Å². The molecule has 0 spiro atoms. The number of rotatable bonds is 47. The Hall–Kier alpha value is -1.29. The second-order valence-electron chi connectivity index (χ2n) is 16.8. The molecule has 3 unspecified atom stereocenters. The number of allylic oxidation sites excluding steroid dienone is 2. The van der Waals surface area contributed by atoms with E-state index in [1.807, 2.05) is 0 Å². The van der Waals surface area contributed by atoms with E-state index in [0.717, 1.165) is 51.4 Å². The van der Waals surface area contributed by atoms with Crippen LogP contribution in [0.3, 0.4) is 0 Å². The third kappa shape index (κ3) is 44.6. The number of esters is 2. The van der Waals surface area contributed by atoms with E-state index in [-0.39, 0.29) is 19.4 Å². The second-order valence-corrected chi connectivity index (χ2v) is 18.3. The van der Waals surface area contributed by atoms with Crippen LogP contribution in [0.15, 0.2) is 12.2 Å². The van der Waals surface area contributed by atoms with Gasteiger partial charge in [0.2, 0.25) is 0 Å². The van der Waals surface area contributed by atoms with Crippen LogP contribution in [0.2, 0.25) is 0 Å². The molecule has 0 aromatic rings. The van der Waals surface area contributed by atoms with Gasteiger partial charge in [0.15, 0.2) is 6.10 Å². The zero-order valence-corrected chi connectivity index (χ0v) is 39.1. The van der Waals surface area contributed by atoms with Gasteiger partial charge in [-0.3, -0.25) is 18.6 Å². The Balaban J connectivity index is 4.06. The number of phosphoric ester groups is 1. The van der Waals surface area contributed by atoms with E-state index in [1.54, 1.807) is 0 Å². The van der Waals surface area contributed by atoms with Gasteiger partial charge >= 0.3 is 19.8 Å². The first-order valence-corrected chi connectivity index (χ1v) is 26.1. The monoisotopic (exact) mass is 861 g/mol. The molecule has 0 saturated carbocycles. The highest BCUT2D eigenvalue weighted by Crippen LogP contribution is 2.43. The van der Waals surface area contributed by atoms with Crippen LogP contribution in [0.4, 0.5) is 0 Å². The molecule has 10 nitrogen and oxygen atoms in total. The van der Waals surface area contributed by atoms with E-state index in [2.05, 4.69) is 26.0 Å². The van der Waals surface area contributed by atoms with Crippen LogP contribution < -0.4 is 0 Å². The van der Waals surface area contributed by atoms with Crippen molar-refractivity contribution in [3.8, 4) is 0 Å². The molecule has 0 aromatic carbocycles. The van der Waals surface area contributed by atoms with E-state index >= 15 is 0 Å². The predicted octanol–water partition coefficient (Wildman–Crippen LogP) is 13.6. The first-order chi connectivity index (χ1) is 28.7. The lowest BCUT2D eigenvalue weighted by atomic mass is 10.0. The Bertz CT molecular complexity index is 993. The molecular formula is C48H93O10P. The lowest BCUT2D eigenvalue weighted by molar-refractivity contribution is -0.161. The van der Waals surface area contributed by atoms with Gasteiger partial charge < -0.3 is 24.6 Å². The number of carbonyl (C=O) groups is 2. The maximum absolute atomic E-state index is 12.6. The van der Waals surface area contributed by atoms with Gasteiger partial charge in [-0.05, 0) is 38.5 Å². The van der Waals surface area contributed by atoms with Crippen LogP contribution in [0.25, 0.3) is 0 Å². The van der Waals surface area contributed by atoms with Crippen molar-refractivity contribution in [1.82, 2.24) is 0 Å². The minimum atomic E-state index is -4.62. The molecule has 0 amide bonds. The van der Waals surface area contributed by atoms with Gasteiger partial charge in [-0.1, -0.05) is 206 Å². The van der Waals surface area contributed by atoms with Crippen molar-refractivity contribution in [2.75, 3.05) is 26.4 Å². The van der Waals surface area contributed by atoms with E-state index in [1.165, 1.54) is 154 Å². The normalized spacial score (nSPS) is 13.8. The average Bonchev–Trinajstić information content (AvgIpc) is 3.22. The number of hydrogen-bond donors (Lipinski definition) is 3. The Morgan fingerprint density at radius 2 is 0.831 bits per heavy atom. The van der Waals surface area contributed by atoms with Gasteiger partial charge in [0.05, 0.1) is 19.8 Å². The van der Waals surface area contributed by atoms with Crippen LogP contribution in [-0.2, 0) is 32.7 Å². The third-order valence-corrected chi connectivity index (χ3v) is 11.9. The predicted molar refractivity (Wildman–Crippen MR) is 242 cm³/mol. The standard InChI is InChI=1S/C48H93O10P/c1-3-5-7-9-11-13-15-17-18-19-20-21-22-23-24-25-26-27-28-30-31-33-35-37-39-47(51)55-43-46(44-57-59(53,54)56-42-45(50)41-49)58-48(52)40-38-36-34-32-29-16-14-12-10-8-6-4-2/h12,14,45-46,49-50H,3-11,13,15-44H2,1-2H3,(H,53,54)/b14-12-. The highest BCUT2D eigenvalue weighted by Gasteiger charge is 2.27. The van der Waals surface area contributed by atoms with Crippen molar-refractivity contribution in [3.05, 3.63) is 12.2 Å².